The van der Waals surface area contributed by atoms with Crippen LogP contribution in [0.2, 0.25) is 5.02 Å². The highest BCUT2D eigenvalue weighted by Gasteiger charge is 2.63. The molecule has 0 fully saturated rings. The number of rotatable bonds is 4. The highest BCUT2D eigenvalue weighted by atomic mass is 35.5. The molecule has 0 aromatic heterocycles. The fraction of sp³-hybridized carbons (Fsp3) is 0.375. The van der Waals surface area contributed by atoms with Gasteiger partial charge < -0.3 is 14.7 Å². The molecule has 2 atom stereocenters. The van der Waals surface area contributed by atoms with Crippen LogP contribution in [0.4, 0.5) is 33.7 Å². The maximum Gasteiger partial charge on any atom is 0.411 e. The first-order valence-electron chi connectivity index (χ1n) is 10.8. The quantitative estimate of drug-likeness (QED) is 0.310. The number of Topliss-reactive ketones (excluding diaryl/α,β-unsaturated/α-hetero) is 1. The lowest BCUT2D eigenvalue weighted by atomic mass is 9.74. The zero-order valence-electron chi connectivity index (χ0n) is 20.0. The van der Waals surface area contributed by atoms with Crippen LogP contribution in [0.5, 0.6) is 0 Å². The van der Waals surface area contributed by atoms with E-state index < -0.39 is 80.3 Å². The van der Waals surface area contributed by atoms with Crippen LogP contribution in [-0.4, -0.2) is 52.1 Å². The SMILES string of the molecule is CCC1N(c2ccc(F)cc2F)c2c(cc(F)c(F)c2Cl)C(=O)C1(C(=O)O)N(C)C(=O)OC(C)(C)C. The molecule has 1 heterocycles. The lowest BCUT2D eigenvalue weighted by Crippen LogP contribution is -2.72. The fourth-order valence-corrected chi connectivity index (χ4v) is 4.65. The van der Waals surface area contributed by atoms with E-state index in [1.807, 2.05) is 0 Å². The van der Waals surface area contributed by atoms with Crippen molar-refractivity contribution in [1.29, 1.82) is 0 Å². The number of nitrogens with zero attached hydrogens (tertiary/aromatic N) is 2. The van der Waals surface area contributed by atoms with E-state index in [1.54, 1.807) is 0 Å². The molecule has 2 aromatic carbocycles. The molecule has 1 amide bonds. The molecule has 194 valence electrons. The third-order valence-corrected chi connectivity index (χ3v) is 6.19. The molecular formula is C24H23ClF4N2O5. The minimum atomic E-state index is -2.81. The summed E-state index contributed by atoms with van der Waals surface area (Å²) in [4.78, 5) is 41.1. The van der Waals surface area contributed by atoms with Crippen molar-refractivity contribution in [2.75, 3.05) is 11.9 Å². The van der Waals surface area contributed by atoms with Gasteiger partial charge in [-0.1, -0.05) is 18.5 Å². The van der Waals surface area contributed by atoms with Gasteiger partial charge in [-0.05, 0) is 45.4 Å². The smallest absolute Gasteiger partial charge is 0.411 e. The molecule has 7 nitrogen and oxygen atoms in total. The predicted octanol–water partition coefficient (Wildman–Crippen LogP) is 5.70. The van der Waals surface area contributed by atoms with Crippen LogP contribution in [0.1, 0.15) is 44.5 Å². The highest BCUT2D eigenvalue weighted by Crippen LogP contribution is 2.49. The Hall–Kier alpha value is -3.34. The van der Waals surface area contributed by atoms with Crippen molar-refractivity contribution >= 4 is 40.8 Å². The number of aliphatic carboxylic acids is 1. The van der Waals surface area contributed by atoms with Gasteiger partial charge in [0.1, 0.15) is 22.3 Å². The lowest BCUT2D eigenvalue weighted by molar-refractivity contribution is -0.148. The van der Waals surface area contributed by atoms with Gasteiger partial charge in [0, 0.05) is 18.7 Å². The third-order valence-electron chi connectivity index (χ3n) is 5.84. The van der Waals surface area contributed by atoms with Crippen molar-refractivity contribution in [2.24, 2.45) is 0 Å². The zero-order valence-corrected chi connectivity index (χ0v) is 20.7. The number of amides is 1. The second-order valence-corrected chi connectivity index (χ2v) is 9.59. The standard InChI is InChI=1S/C24H23ClF4N2O5/c1-6-16-24(21(33)34,30(5)22(35)36-23(2,3)4)20(32)12-10-14(28)18(29)17(25)19(12)31(16)15-8-7-11(26)9-13(15)27/h7-10,16H,6H2,1-5H3,(H,33,34). The minimum Gasteiger partial charge on any atom is -0.479 e. The number of carbonyl (C=O) groups is 3. The average molecular weight is 531 g/mol. The number of ether oxygens (including phenoxy) is 1. The molecule has 2 unspecified atom stereocenters. The Balaban J connectivity index is 2.46. The number of fused-ring (bicyclic) bond motifs is 1. The van der Waals surface area contributed by atoms with Crippen LogP contribution in [-0.2, 0) is 9.53 Å². The van der Waals surface area contributed by atoms with Crippen LogP contribution >= 0.6 is 11.6 Å². The van der Waals surface area contributed by atoms with E-state index in [1.165, 1.54) is 27.7 Å². The summed E-state index contributed by atoms with van der Waals surface area (Å²) in [5, 5.41) is 9.51. The van der Waals surface area contributed by atoms with E-state index in [-0.39, 0.29) is 6.42 Å². The number of halogens is 5. The van der Waals surface area contributed by atoms with Crippen molar-refractivity contribution in [2.45, 2.75) is 51.3 Å². The highest BCUT2D eigenvalue weighted by molar-refractivity contribution is 6.36. The topological polar surface area (TPSA) is 87.2 Å². The summed E-state index contributed by atoms with van der Waals surface area (Å²) in [5.74, 6) is -8.44. The summed E-state index contributed by atoms with van der Waals surface area (Å²) < 4.78 is 63.0. The minimum absolute atomic E-state index is 0.239. The summed E-state index contributed by atoms with van der Waals surface area (Å²) >= 11 is 6.08. The molecule has 0 bridgehead atoms. The molecule has 1 aliphatic heterocycles. The summed E-state index contributed by atoms with van der Waals surface area (Å²) in [7, 11) is 0.994. The number of hydrogen-bond donors (Lipinski definition) is 1. The number of hydrogen-bond acceptors (Lipinski definition) is 5. The summed E-state index contributed by atoms with van der Waals surface area (Å²) in [5.41, 5.74) is -5.62. The molecule has 0 spiro atoms. The van der Waals surface area contributed by atoms with E-state index in [0.717, 1.165) is 24.1 Å². The first kappa shape index (κ1) is 27.3. The molecule has 36 heavy (non-hydrogen) atoms. The third kappa shape index (κ3) is 4.15. The van der Waals surface area contributed by atoms with Crippen LogP contribution in [0.15, 0.2) is 24.3 Å². The van der Waals surface area contributed by atoms with E-state index in [9.17, 15) is 32.7 Å². The van der Waals surface area contributed by atoms with Gasteiger partial charge in [-0.25, -0.2) is 27.2 Å². The Labute approximate surface area is 209 Å². The first-order chi connectivity index (χ1) is 16.6. The lowest BCUT2D eigenvalue weighted by Gasteiger charge is -2.51. The van der Waals surface area contributed by atoms with Gasteiger partial charge in [0.05, 0.1) is 17.4 Å². The Morgan fingerprint density at radius 1 is 1.17 bits per heavy atom. The van der Waals surface area contributed by atoms with E-state index in [2.05, 4.69) is 0 Å². The van der Waals surface area contributed by atoms with E-state index in [4.69, 9.17) is 16.3 Å². The molecule has 0 saturated carbocycles. The fourth-order valence-electron chi connectivity index (χ4n) is 4.37. The number of carbonyl (C=O) groups excluding carboxylic acids is 2. The molecule has 0 radical (unpaired) electrons. The number of anilines is 2. The molecule has 1 aliphatic rings. The second-order valence-electron chi connectivity index (χ2n) is 9.21. The van der Waals surface area contributed by atoms with Crippen molar-refractivity contribution in [3.05, 3.63) is 58.1 Å². The van der Waals surface area contributed by atoms with Gasteiger partial charge in [0.2, 0.25) is 11.3 Å². The van der Waals surface area contributed by atoms with Gasteiger partial charge in [0.15, 0.2) is 11.6 Å². The summed E-state index contributed by atoms with van der Waals surface area (Å²) in [6.45, 7) is 5.98. The molecule has 12 heteroatoms. The molecule has 1 N–H and O–H groups in total. The Bertz CT molecular complexity index is 1270. The molecule has 0 aliphatic carbocycles. The van der Waals surface area contributed by atoms with Gasteiger partial charge in [-0.15, -0.1) is 0 Å². The number of carboxylic acid groups (broad SMARTS) is 1. The maximum atomic E-state index is 15.1. The molecular weight excluding hydrogens is 508 g/mol. The van der Waals surface area contributed by atoms with Gasteiger partial charge in [-0.2, -0.15) is 0 Å². The van der Waals surface area contributed by atoms with E-state index >= 15 is 4.39 Å². The van der Waals surface area contributed by atoms with E-state index in [0.29, 0.717) is 17.0 Å². The number of benzene rings is 2. The van der Waals surface area contributed by atoms with Gasteiger partial charge in [-0.3, -0.25) is 9.69 Å². The Kier molecular flexibility index (Phi) is 7.02. The van der Waals surface area contributed by atoms with Crippen LogP contribution in [0.3, 0.4) is 0 Å². The van der Waals surface area contributed by atoms with Crippen LogP contribution < -0.4 is 4.90 Å². The monoisotopic (exact) mass is 530 g/mol. The Morgan fingerprint density at radius 2 is 1.78 bits per heavy atom. The first-order valence-corrected chi connectivity index (χ1v) is 11.1. The van der Waals surface area contributed by atoms with Crippen molar-refractivity contribution in [3.8, 4) is 0 Å². The molecule has 3 rings (SSSR count). The van der Waals surface area contributed by atoms with Crippen molar-refractivity contribution in [1.82, 2.24) is 4.90 Å². The normalized spacial score (nSPS) is 19.7. The predicted molar refractivity (Wildman–Crippen MR) is 123 cm³/mol. The zero-order chi connectivity index (χ0) is 27.3. The largest absolute Gasteiger partial charge is 0.479 e. The van der Waals surface area contributed by atoms with Crippen molar-refractivity contribution < 1.29 is 41.8 Å². The van der Waals surface area contributed by atoms with Gasteiger partial charge in [0.25, 0.3) is 0 Å². The molecule has 0 saturated heterocycles. The van der Waals surface area contributed by atoms with Gasteiger partial charge >= 0.3 is 12.1 Å². The summed E-state index contributed by atoms with van der Waals surface area (Å²) in [6, 6.07) is 1.10. The Morgan fingerprint density at radius 3 is 2.28 bits per heavy atom. The number of likely N-dealkylation sites (N-methyl/N-ethyl adjacent to an activating group) is 1. The number of carboxylic acids is 1. The van der Waals surface area contributed by atoms with Crippen LogP contribution in [0.25, 0.3) is 0 Å². The summed E-state index contributed by atoms with van der Waals surface area (Å²) in [6.07, 6.45) is -1.45. The second kappa shape index (κ2) is 9.27. The molecule has 2 aromatic rings. The number of ketones is 1. The maximum absolute atomic E-state index is 15.1. The van der Waals surface area contributed by atoms with Crippen molar-refractivity contribution in [3.63, 3.8) is 0 Å². The van der Waals surface area contributed by atoms with Crippen LogP contribution in [0, 0.1) is 23.3 Å². The average Bonchev–Trinajstić information content (AvgIpc) is 2.76.